The number of hydrogen-bond acceptors (Lipinski definition) is 5. The lowest BCUT2D eigenvalue weighted by molar-refractivity contribution is -0.154. The van der Waals surface area contributed by atoms with Gasteiger partial charge in [-0.1, -0.05) is 17.7 Å². The molecule has 7 heteroatoms. The van der Waals surface area contributed by atoms with E-state index in [1.165, 1.54) is 4.90 Å². The predicted octanol–water partition coefficient (Wildman–Crippen LogP) is 2.40. The summed E-state index contributed by atoms with van der Waals surface area (Å²) in [7, 11) is 0. The fourth-order valence-corrected chi connectivity index (χ4v) is 2.82. The Bertz CT molecular complexity index is 812. The lowest BCUT2D eigenvalue weighted by Gasteiger charge is -2.30. The van der Waals surface area contributed by atoms with Gasteiger partial charge in [0.05, 0.1) is 13.2 Å². The number of nitrogens with zero attached hydrogens (tertiary/aromatic N) is 1. The van der Waals surface area contributed by atoms with Crippen LogP contribution in [0.5, 0.6) is 5.75 Å². The van der Waals surface area contributed by atoms with E-state index in [9.17, 15) is 9.59 Å². The van der Waals surface area contributed by atoms with Crippen molar-refractivity contribution in [3.63, 3.8) is 0 Å². The highest BCUT2D eigenvalue weighted by Crippen LogP contribution is 2.21. The molecule has 7 nitrogen and oxygen atoms in total. The Morgan fingerprint density at radius 3 is 2.81 bits per heavy atom. The Morgan fingerprint density at radius 2 is 2.08 bits per heavy atom. The number of carboxylic acid groups (broad SMARTS) is 1. The van der Waals surface area contributed by atoms with Gasteiger partial charge in [-0.15, -0.1) is 0 Å². The van der Waals surface area contributed by atoms with E-state index in [2.05, 4.69) is 0 Å². The van der Waals surface area contributed by atoms with Gasteiger partial charge >= 0.3 is 5.97 Å². The summed E-state index contributed by atoms with van der Waals surface area (Å²) in [6.07, 6.45) is -1.00. The van der Waals surface area contributed by atoms with Crippen LogP contribution in [-0.2, 0) is 16.1 Å². The zero-order valence-corrected chi connectivity index (χ0v) is 14.7. The number of carbonyl (C=O) groups excluding carboxylic acids is 1. The van der Waals surface area contributed by atoms with Crippen LogP contribution < -0.4 is 4.74 Å². The normalized spacial score (nSPS) is 17.2. The summed E-state index contributed by atoms with van der Waals surface area (Å²) >= 11 is 0. The SMILES string of the molecule is Cc1ccc(OCc2ccc(C(=O)N3CCO[C@H](C(=O)O)C3)o2)c(C)c1. The second-order valence-electron chi connectivity index (χ2n) is 6.27. The Hall–Kier alpha value is -2.80. The highest BCUT2D eigenvalue weighted by atomic mass is 16.5. The van der Waals surface area contributed by atoms with E-state index in [0.29, 0.717) is 12.3 Å². The summed E-state index contributed by atoms with van der Waals surface area (Å²) < 4.78 is 16.4. The van der Waals surface area contributed by atoms with Gasteiger partial charge in [-0.05, 0) is 37.6 Å². The van der Waals surface area contributed by atoms with Crippen molar-refractivity contribution in [2.45, 2.75) is 26.6 Å². The molecule has 1 saturated heterocycles. The van der Waals surface area contributed by atoms with Crippen LogP contribution in [0.4, 0.5) is 0 Å². The van der Waals surface area contributed by atoms with Crippen LogP contribution in [0.1, 0.15) is 27.4 Å². The summed E-state index contributed by atoms with van der Waals surface area (Å²) in [6, 6.07) is 9.17. The zero-order valence-electron chi connectivity index (χ0n) is 14.7. The number of furan rings is 1. The molecule has 1 aromatic carbocycles. The van der Waals surface area contributed by atoms with Gasteiger partial charge in [0.1, 0.15) is 18.1 Å². The standard InChI is InChI=1S/C19H21NO6/c1-12-3-5-15(13(2)9-12)25-11-14-4-6-16(26-14)18(21)20-7-8-24-17(10-20)19(22)23/h3-6,9,17H,7-8,10-11H2,1-2H3,(H,22,23)/t17-/m0/s1. The van der Waals surface area contributed by atoms with E-state index in [4.69, 9.17) is 19.0 Å². The first kappa shape index (κ1) is 18.0. The molecule has 0 spiro atoms. The van der Waals surface area contributed by atoms with Crippen molar-refractivity contribution in [2.24, 2.45) is 0 Å². The number of carboxylic acids is 1. The minimum atomic E-state index is -1.08. The predicted molar refractivity (Wildman–Crippen MR) is 92.2 cm³/mol. The maximum atomic E-state index is 12.5. The number of morpholine rings is 1. The Labute approximate surface area is 151 Å². The largest absolute Gasteiger partial charge is 0.485 e. The summed E-state index contributed by atoms with van der Waals surface area (Å²) in [5.74, 6) is 0.0193. The van der Waals surface area contributed by atoms with Crippen molar-refractivity contribution in [1.82, 2.24) is 4.90 Å². The van der Waals surface area contributed by atoms with E-state index in [1.54, 1.807) is 12.1 Å². The highest BCUT2D eigenvalue weighted by molar-refractivity contribution is 5.92. The Morgan fingerprint density at radius 1 is 1.27 bits per heavy atom. The van der Waals surface area contributed by atoms with Crippen LogP contribution in [0.2, 0.25) is 0 Å². The number of carbonyl (C=O) groups is 2. The van der Waals surface area contributed by atoms with Gasteiger partial charge in [0.2, 0.25) is 0 Å². The third kappa shape index (κ3) is 4.05. The molecule has 0 saturated carbocycles. The van der Waals surface area contributed by atoms with Gasteiger partial charge in [0.15, 0.2) is 11.9 Å². The molecule has 1 amide bonds. The minimum Gasteiger partial charge on any atom is -0.485 e. The first-order valence-corrected chi connectivity index (χ1v) is 8.36. The monoisotopic (exact) mass is 359 g/mol. The maximum absolute atomic E-state index is 12.5. The van der Waals surface area contributed by atoms with E-state index >= 15 is 0 Å². The van der Waals surface area contributed by atoms with Gasteiger partial charge in [-0.25, -0.2) is 4.79 Å². The molecule has 0 unspecified atom stereocenters. The smallest absolute Gasteiger partial charge is 0.334 e. The molecule has 3 rings (SSSR count). The second kappa shape index (κ2) is 7.61. The molecule has 2 aromatic rings. The number of rotatable bonds is 5. The molecule has 1 aliphatic heterocycles. The molecular formula is C19H21NO6. The molecule has 0 aliphatic carbocycles. The molecule has 138 valence electrons. The number of aryl methyl sites for hydroxylation is 2. The number of amides is 1. The lowest BCUT2D eigenvalue weighted by atomic mass is 10.1. The first-order chi connectivity index (χ1) is 12.4. The van der Waals surface area contributed by atoms with E-state index < -0.39 is 12.1 Å². The fourth-order valence-electron chi connectivity index (χ4n) is 2.82. The quantitative estimate of drug-likeness (QED) is 0.882. The van der Waals surface area contributed by atoms with Gasteiger partial charge in [-0.3, -0.25) is 4.79 Å². The number of ether oxygens (including phenoxy) is 2. The molecule has 1 fully saturated rings. The van der Waals surface area contributed by atoms with E-state index in [0.717, 1.165) is 16.9 Å². The Kier molecular flexibility index (Phi) is 5.27. The van der Waals surface area contributed by atoms with Gasteiger partial charge in [-0.2, -0.15) is 0 Å². The maximum Gasteiger partial charge on any atom is 0.334 e. The van der Waals surface area contributed by atoms with Crippen molar-refractivity contribution in [3.8, 4) is 5.75 Å². The summed E-state index contributed by atoms with van der Waals surface area (Å²) in [5.41, 5.74) is 2.19. The van der Waals surface area contributed by atoms with Crippen molar-refractivity contribution < 1.29 is 28.6 Å². The zero-order chi connectivity index (χ0) is 18.7. The van der Waals surface area contributed by atoms with Crippen LogP contribution in [0.25, 0.3) is 0 Å². The molecule has 1 N–H and O–H groups in total. The van der Waals surface area contributed by atoms with Crippen LogP contribution in [-0.4, -0.2) is 47.7 Å². The summed E-state index contributed by atoms with van der Waals surface area (Å²) in [6.45, 7) is 4.71. The summed E-state index contributed by atoms with van der Waals surface area (Å²) in [4.78, 5) is 24.9. The second-order valence-corrected chi connectivity index (χ2v) is 6.27. The topological polar surface area (TPSA) is 89.2 Å². The molecule has 0 radical (unpaired) electrons. The van der Waals surface area contributed by atoms with Crippen LogP contribution in [0, 0.1) is 13.8 Å². The fraction of sp³-hybridized carbons (Fsp3) is 0.368. The van der Waals surface area contributed by atoms with Crippen molar-refractivity contribution in [2.75, 3.05) is 19.7 Å². The third-order valence-corrected chi connectivity index (χ3v) is 4.20. The number of aliphatic carboxylic acids is 1. The van der Waals surface area contributed by atoms with Crippen LogP contribution in [0.15, 0.2) is 34.7 Å². The van der Waals surface area contributed by atoms with Crippen LogP contribution in [0.3, 0.4) is 0 Å². The van der Waals surface area contributed by atoms with E-state index in [1.807, 2.05) is 32.0 Å². The van der Waals surface area contributed by atoms with Crippen molar-refractivity contribution >= 4 is 11.9 Å². The first-order valence-electron chi connectivity index (χ1n) is 8.36. The van der Waals surface area contributed by atoms with Crippen molar-refractivity contribution in [1.29, 1.82) is 0 Å². The highest BCUT2D eigenvalue weighted by Gasteiger charge is 2.30. The van der Waals surface area contributed by atoms with E-state index in [-0.39, 0.29) is 31.4 Å². The molecule has 1 aromatic heterocycles. The third-order valence-electron chi connectivity index (χ3n) is 4.20. The summed E-state index contributed by atoms with van der Waals surface area (Å²) in [5, 5.41) is 9.03. The van der Waals surface area contributed by atoms with Gasteiger partial charge in [0.25, 0.3) is 5.91 Å². The average Bonchev–Trinajstić information content (AvgIpc) is 3.09. The molecule has 26 heavy (non-hydrogen) atoms. The Balaban J connectivity index is 1.62. The number of hydrogen-bond donors (Lipinski definition) is 1. The van der Waals surface area contributed by atoms with Crippen molar-refractivity contribution in [3.05, 3.63) is 53.0 Å². The van der Waals surface area contributed by atoms with Gasteiger partial charge < -0.3 is 23.9 Å². The molecule has 2 heterocycles. The minimum absolute atomic E-state index is 0.00324. The number of benzene rings is 1. The molecular weight excluding hydrogens is 338 g/mol. The molecule has 0 bridgehead atoms. The molecule has 1 aliphatic rings. The molecule has 1 atom stereocenters. The average molecular weight is 359 g/mol. The van der Waals surface area contributed by atoms with Gasteiger partial charge in [0, 0.05) is 6.54 Å². The van der Waals surface area contributed by atoms with Crippen LogP contribution >= 0.6 is 0 Å². The lowest BCUT2D eigenvalue weighted by Crippen LogP contribution is -2.48.